The molecular weight excluding hydrogens is 364 g/mol. The molecule has 0 spiro atoms. The maximum Gasteiger partial charge on any atom is 0.321 e. The number of carbonyl (C=O) groups is 1. The Morgan fingerprint density at radius 2 is 1.72 bits per heavy atom. The van der Waals surface area contributed by atoms with Gasteiger partial charge in [-0.15, -0.1) is 0 Å². The quantitative estimate of drug-likeness (QED) is 0.699. The number of anilines is 1. The van der Waals surface area contributed by atoms with Crippen LogP contribution in [0.25, 0.3) is 11.0 Å². The number of amides is 2. The van der Waals surface area contributed by atoms with Gasteiger partial charge in [-0.05, 0) is 55.9 Å². The third kappa shape index (κ3) is 3.27. The van der Waals surface area contributed by atoms with Crippen molar-refractivity contribution in [3.8, 4) is 0 Å². The summed E-state index contributed by atoms with van der Waals surface area (Å²) in [6.45, 7) is 3.45. The van der Waals surface area contributed by atoms with Crippen LogP contribution in [0.4, 0.5) is 10.5 Å². The number of imidazole rings is 1. The zero-order valence-electron chi connectivity index (χ0n) is 16.5. The molecule has 29 heavy (non-hydrogen) atoms. The second-order valence-electron chi connectivity index (χ2n) is 8.35. The van der Waals surface area contributed by atoms with Gasteiger partial charge in [-0.2, -0.15) is 0 Å². The molecule has 6 heteroatoms. The van der Waals surface area contributed by atoms with E-state index in [-0.39, 0.29) is 12.1 Å². The zero-order chi connectivity index (χ0) is 20.0. The van der Waals surface area contributed by atoms with Gasteiger partial charge in [-0.1, -0.05) is 30.3 Å². The number of benzene rings is 2. The summed E-state index contributed by atoms with van der Waals surface area (Å²) < 4.78 is 2.20. The van der Waals surface area contributed by atoms with Crippen LogP contribution in [0.2, 0.25) is 0 Å². The summed E-state index contributed by atoms with van der Waals surface area (Å²) in [6, 6.07) is 17.6. The van der Waals surface area contributed by atoms with Crippen molar-refractivity contribution < 1.29 is 9.90 Å². The van der Waals surface area contributed by atoms with Gasteiger partial charge in [-0.25, -0.2) is 9.78 Å². The van der Waals surface area contributed by atoms with Gasteiger partial charge in [0, 0.05) is 18.8 Å². The molecule has 0 unspecified atom stereocenters. The number of likely N-dealkylation sites (tertiary alicyclic amines) is 1. The number of rotatable bonds is 2. The van der Waals surface area contributed by atoms with Gasteiger partial charge in [0.05, 0.1) is 23.2 Å². The molecule has 2 amide bonds. The number of hydrogen-bond acceptors (Lipinski definition) is 3. The summed E-state index contributed by atoms with van der Waals surface area (Å²) in [6.07, 6.45) is 1.16. The van der Waals surface area contributed by atoms with Crippen LogP contribution in [0.1, 0.15) is 24.7 Å². The molecule has 4 atom stereocenters. The van der Waals surface area contributed by atoms with Crippen molar-refractivity contribution in [3.63, 3.8) is 0 Å². The van der Waals surface area contributed by atoms with E-state index in [0.717, 1.165) is 41.9 Å². The highest BCUT2D eigenvalue weighted by Gasteiger charge is 2.44. The molecule has 1 aromatic heterocycles. The van der Waals surface area contributed by atoms with Crippen molar-refractivity contribution in [2.24, 2.45) is 11.8 Å². The fourth-order valence-electron chi connectivity index (χ4n) is 5.16. The standard InChI is InChI=1S/C23H26N4O2/c1-15-24-19-9-5-6-10-20(19)27(15)21-11-16-13-26(14-17(16)12-22(21)28)23(29)25-18-7-3-2-4-8-18/h2-10,16-17,21-22,28H,11-14H2,1H3,(H,25,29)/t16-,17+,21-,22-/m0/s1. The minimum Gasteiger partial charge on any atom is -0.391 e. The molecule has 2 N–H and O–H groups in total. The molecule has 6 nitrogen and oxygen atoms in total. The maximum absolute atomic E-state index is 12.7. The number of nitrogens with zero attached hydrogens (tertiary/aromatic N) is 3. The Hall–Kier alpha value is -2.86. The summed E-state index contributed by atoms with van der Waals surface area (Å²) in [5, 5.41) is 14.0. The molecule has 3 aromatic rings. The molecule has 0 bridgehead atoms. The van der Waals surface area contributed by atoms with Crippen LogP contribution in [0, 0.1) is 18.8 Å². The van der Waals surface area contributed by atoms with Crippen LogP contribution in [-0.2, 0) is 0 Å². The van der Waals surface area contributed by atoms with E-state index >= 15 is 0 Å². The smallest absolute Gasteiger partial charge is 0.321 e. The molecule has 1 aliphatic heterocycles. The number of para-hydroxylation sites is 3. The number of aryl methyl sites for hydroxylation is 1. The Kier molecular flexibility index (Phi) is 4.51. The van der Waals surface area contributed by atoms with Crippen molar-refractivity contribution >= 4 is 22.8 Å². The molecule has 2 fully saturated rings. The largest absolute Gasteiger partial charge is 0.391 e. The predicted molar refractivity (Wildman–Crippen MR) is 113 cm³/mol. The molecule has 5 rings (SSSR count). The molecule has 1 saturated carbocycles. The Bertz CT molecular complexity index is 1030. The van der Waals surface area contributed by atoms with Crippen molar-refractivity contribution in [2.45, 2.75) is 31.9 Å². The van der Waals surface area contributed by atoms with Crippen molar-refractivity contribution in [1.29, 1.82) is 0 Å². The molecule has 2 aliphatic rings. The number of urea groups is 1. The summed E-state index contributed by atoms with van der Waals surface area (Å²) in [7, 11) is 0. The average molecular weight is 390 g/mol. The average Bonchev–Trinajstić information content (AvgIpc) is 3.28. The topological polar surface area (TPSA) is 70.4 Å². The molecule has 1 aliphatic carbocycles. The van der Waals surface area contributed by atoms with Gasteiger partial charge in [0.1, 0.15) is 5.82 Å². The van der Waals surface area contributed by atoms with E-state index in [1.165, 1.54) is 0 Å². The zero-order valence-corrected chi connectivity index (χ0v) is 16.5. The van der Waals surface area contributed by atoms with Gasteiger partial charge in [0.25, 0.3) is 0 Å². The highest BCUT2D eigenvalue weighted by atomic mass is 16.3. The number of aromatic nitrogens is 2. The van der Waals surface area contributed by atoms with E-state index in [1.807, 2.05) is 60.4 Å². The number of fused-ring (bicyclic) bond motifs is 2. The molecule has 0 radical (unpaired) electrons. The number of aliphatic hydroxyl groups is 1. The van der Waals surface area contributed by atoms with Gasteiger partial charge in [-0.3, -0.25) is 0 Å². The Balaban J connectivity index is 1.34. The summed E-state index contributed by atoms with van der Waals surface area (Å²) >= 11 is 0. The second-order valence-corrected chi connectivity index (χ2v) is 8.35. The van der Waals surface area contributed by atoms with E-state index in [9.17, 15) is 9.90 Å². The van der Waals surface area contributed by atoms with Crippen LogP contribution in [0.3, 0.4) is 0 Å². The molecule has 2 heterocycles. The first-order valence-corrected chi connectivity index (χ1v) is 10.3. The lowest BCUT2D eigenvalue weighted by Crippen LogP contribution is -2.36. The summed E-state index contributed by atoms with van der Waals surface area (Å²) in [5.41, 5.74) is 2.85. The SMILES string of the molecule is Cc1nc2ccccc2n1[C@H]1C[C@H]2CN(C(=O)Nc3ccccc3)C[C@H]2C[C@@H]1O. The van der Waals surface area contributed by atoms with Crippen molar-refractivity contribution in [1.82, 2.24) is 14.5 Å². The first kappa shape index (κ1) is 18.2. The minimum absolute atomic E-state index is 0.000726. The van der Waals surface area contributed by atoms with E-state index in [2.05, 4.69) is 20.9 Å². The first-order chi connectivity index (χ1) is 14.1. The number of carbonyl (C=O) groups excluding carboxylic acids is 1. The minimum atomic E-state index is -0.426. The Labute approximate surface area is 170 Å². The van der Waals surface area contributed by atoms with E-state index in [4.69, 9.17) is 0 Å². The second kappa shape index (κ2) is 7.19. The van der Waals surface area contributed by atoms with E-state index in [1.54, 1.807) is 0 Å². The maximum atomic E-state index is 12.7. The van der Waals surface area contributed by atoms with Crippen LogP contribution < -0.4 is 5.32 Å². The first-order valence-electron chi connectivity index (χ1n) is 10.3. The lowest BCUT2D eigenvalue weighted by molar-refractivity contribution is 0.0366. The van der Waals surface area contributed by atoms with Crippen molar-refractivity contribution in [3.05, 3.63) is 60.4 Å². The fourth-order valence-corrected chi connectivity index (χ4v) is 5.16. The van der Waals surface area contributed by atoms with Crippen LogP contribution in [-0.4, -0.2) is 44.8 Å². The van der Waals surface area contributed by atoms with Crippen LogP contribution in [0.15, 0.2) is 54.6 Å². The molecule has 1 saturated heterocycles. The van der Waals surface area contributed by atoms with Gasteiger partial charge in [0.15, 0.2) is 0 Å². The highest BCUT2D eigenvalue weighted by Crippen LogP contribution is 2.42. The van der Waals surface area contributed by atoms with Crippen LogP contribution in [0.5, 0.6) is 0 Å². The monoisotopic (exact) mass is 390 g/mol. The lowest BCUT2D eigenvalue weighted by Gasteiger charge is -2.36. The number of hydrogen-bond donors (Lipinski definition) is 2. The van der Waals surface area contributed by atoms with Crippen molar-refractivity contribution in [2.75, 3.05) is 18.4 Å². The Morgan fingerprint density at radius 3 is 2.52 bits per heavy atom. The third-order valence-electron chi connectivity index (χ3n) is 6.53. The highest BCUT2D eigenvalue weighted by molar-refractivity contribution is 5.89. The van der Waals surface area contributed by atoms with Gasteiger partial charge < -0.3 is 19.9 Å². The molecule has 150 valence electrons. The van der Waals surface area contributed by atoms with Gasteiger partial charge in [0.2, 0.25) is 0 Å². The molecular formula is C23H26N4O2. The fraction of sp³-hybridized carbons (Fsp3) is 0.391. The number of aliphatic hydroxyl groups excluding tert-OH is 1. The van der Waals surface area contributed by atoms with Crippen LogP contribution >= 0.6 is 0 Å². The normalized spacial score (nSPS) is 26.5. The number of nitrogens with one attached hydrogen (secondary N) is 1. The molecule has 2 aromatic carbocycles. The summed E-state index contributed by atoms with van der Waals surface area (Å²) in [5.74, 6) is 1.67. The lowest BCUT2D eigenvalue weighted by atomic mass is 9.77. The van der Waals surface area contributed by atoms with Gasteiger partial charge >= 0.3 is 6.03 Å². The Morgan fingerprint density at radius 1 is 1.03 bits per heavy atom. The van der Waals surface area contributed by atoms with E-state index < -0.39 is 6.10 Å². The summed E-state index contributed by atoms with van der Waals surface area (Å²) in [4.78, 5) is 19.3. The third-order valence-corrected chi connectivity index (χ3v) is 6.53. The predicted octanol–water partition coefficient (Wildman–Crippen LogP) is 3.82. The van der Waals surface area contributed by atoms with E-state index in [0.29, 0.717) is 18.4 Å².